The highest BCUT2D eigenvalue weighted by Crippen LogP contribution is 2.42. The van der Waals surface area contributed by atoms with Crippen LogP contribution in [-0.2, 0) is 4.79 Å². The summed E-state index contributed by atoms with van der Waals surface area (Å²) in [5.41, 5.74) is 1.70. The number of rotatable bonds is 3. The fourth-order valence-electron chi connectivity index (χ4n) is 4.88. The maximum absolute atomic E-state index is 14.1. The quantitative estimate of drug-likeness (QED) is 0.460. The van der Waals surface area contributed by atoms with Crippen molar-refractivity contribution in [2.24, 2.45) is 0 Å². The van der Waals surface area contributed by atoms with Crippen molar-refractivity contribution in [2.75, 3.05) is 36.4 Å². The van der Waals surface area contributed by atoms with Crippen molar-refractivity contribution in [3.05, 3.63) is 93.2 Å². The van der Waals surface area contributed by atoms with Crippen molar-refractivity contribution in [1.82, 2.24) is 10.2 Å². The Balaban J connectivity index is 1.61. The number of fused-ring (bicyclic) bond motifs is 1. The predicted molar refractivity (Wildman–Crippen MR) is 145 cm³/mol. The van der Waals surface area contributed by atoms with Crippen LogP contribution in [0.4, 0.5) is 15.8 Å². The average molecular weight is 555 g/mol. The summed E-state index contributed by atoms with van der Waals surface area (Å²) in [6.07, 6.45) is 0.727. The molecule has 38 heavy (non-hydrogen) atoms. The molecule has 2 N–H and O–H groups in total. The fraction of sp³-hybridized carbons (Fsp3) is 0.250. The summed E-state index contributed by atoms with van der Waals surface area (Å²) >= 11 is 12.6. The molecule has 3 aromatic carbocycles. The number of benzene rings is 3. The van der Waals surface area contributed by atoms with Gasteiger partial charge in [-0.3, -0.25) is 19.3 Å². The summed E-state index contributed by atoms with van der Waals surface area (Å²) < 4.78 is 14.1. The van der Waals surface area contributed by atoms with Gasteiger partial charge in [-0.15, -0.1) is 0 Å². The van der Waals surface area contributed by atoms with Gasteiger partial charge in [-0.2, -0.15) is 0 Å². The molecule has 0 spiro atoms. The van der Waals surface area contributed by atoms with E-state index in [9.17, 15) is 18.8 Å². The predicted octanol–water partition coefficient (Wildman–Crippen LogP) is 5.30. The first-order valence-electron chi connectivity index (χ1n) is 12.3. The number of amides is 3. The second kappa shape index (κ2) is 11.1. The first-order valence-corrected chi connectivity index (χ1v) is 13.1. The number of hydrogen-bond acceptors (Lipinski definition) is 4. The molecule has 0 bridgehead atoms. The van der Waals surface area contributed by atoms with Gasteiger partial charge >= 0.3 is 0 Å². The maximum Gasteiger partial charge on any atom is 0.259 e. The van der Waals surface area contributed by atoms with Gasteiger partial charge in [-0.1, -0.05) is 35.3 Å². The van der Waals surface area contributed by atoms with E-state index >= 15 is 0 Å². The number of anilines is 2. The van der Waals surface area contributed by atoms with E-state index in [1.807, 2.05) is 0 Å². The lowest BCUT2D eigenvalue weighted by atomic mass is 9.99. The number of carbonyl (C=O) groups is 3. The summed E-state index contributed by atoms with van der Waals surface area (Å²) in [4.78, 5) is 43.5. The fourth-order valence-corrected chi connectivity index (χ4v) is 5.41. The van der Waals surface area contributed by atoms with Gasteiger partial charge in [0.2, 0.25) is 5.91 Å². The Bertz CT molecular complexity index is 1410. The zero-order valence-corrected chi connectivity index (χ0v) is 21.9. The van der Waals surface area contributed by atoms with E-state index in [1.54, 1.807) is 41.3 Å². The lowest BCUT2D eigenvalue weighted by Gasteiger charge is -2.31. The van der Waals surface area contributed by atoms with E-state index in [1.165, 1.54) is 23.1 Å². The first kappa shape index (κ1) is 26.2. The normalized spacial score (nSPS) is 17.8. The van der Waals surface area contributed by atoms with Gasteiger partial charge < -0.3 is 15.5 Å². The van der Waals surface area contributed by atoms with Gasteiger partial charge in [0, 0.05) is 40.8 Å². The standard InChI is InChI=1S/C28H25Cl2FN4O3/c29-19-6-7-21(22(30)15-19)25-16-26(36)33-23-14-18(27(37)34-11-2-9-32-10-12-34)5-8-24(23)35(25)28(38)17-3-1-4-20(31)13-17/h1,3-8,13-15,25,32H,2,9-12,16H2,(H,33,36). The molecule has 1 unspecified atom stereocenters. The van der Waals surface area contributed by atoms with E-state index in [-0.39, 0.29) is 28.8 Å². The molecule has 3 aromatic rings. The Morgan fingerprint density at radius 2 is 1.74 bits per heavy atom. The highest BCUT2D eigenvalue weighted by molar-refractivity contribution is 6.35. The van der Waals surface area contributed by atoms with Crippen LogP contribution in [0, 0.1) is 5.82 Å². The number of nitrogens with one attached hydrogen (secondary N) is 2. The molecule has 2 heterocycles. The van der Waals surface area contributed by atoms with Gasteiger partial charge in [0.05, 0.1) is 23.8 Å². The second-order valence-corrected chi connectivity index (χ2v) is 10.1. The Morgan fingerprint density at radius 3 is 2.53 bits per heavy atom. The number of nitrogens with zero attached hydrogens (tertiary/aromatic N) is 2. The molecule has 10 heteroatoms. The second-order valence-electron chi connectivity index (χ2n) is 9.25. The van der Waals surface area contributed by atoms with Crippen LogP contribution in [0.3, 0.4) is 0 Å². The number of hydrogen-bond donors (Lipinski definition) is 2. The summed E-state index contributed by atoms with van der Waals surface area (Å²) in [6, 6.07) is 14.3. The molecule has 0 saturated carbocycles. The molecule has 3 amide bonds. The number of halogens is 3. The lowest BCUT2D eigenvalue weighted by Crippen LogP contribution is -2.36. The summed E-state index contributed by atoms with van der Waals surface area (Å²) in [6.45, 7) is 2.74. The van der Waals surface area contributed by atoms with Crippen LogP contribution in [0.2, 0.25) is 10.0 Å². The molecule has 0 aromatic heterocycles. The molecule has 1 atom stereocenters. The van der Waals surface area contributed by atoms with E-state index in [0.717, 1.165) is 19.0 Å². The largest absolute Gasteiger partial charge is 0.337 e. The zero-order valence-electron chi connectivity index (χ0n) is 20.3. The smallest absolute Gasteiger partial charge is 0.259 e. The van der Waals surface area contributed by atoms with E-state index in [0.29, 0.717) is 47.2 Å². The average Bonchev–Trinajstić information content (AvgIpc) is 3.25. The van der Waals surface area contributed by atoms with Gasteiger partial charge in [-0.25, -0.2) is 4.39 Å². The molecule has 0 radical (unpaired) electrons. The first-order chi connectivity index (χ1) is 18.3. The van der Waals surface area contributed by atoms with Crippen LogP contribution < -0.4 is 15.5 Å². The molecular weight excluding hydrogens is 530 g/mol. The van der Waals surface area contributed by atoms with Crippen molar-refractivity contribution < 1.29 is 18.8 Å². The Kier molecular flexibility index (Phi) is 7.65. The molecule has 7 nitrogen and oxygen atoms in total. The third-order valence-corrected chi connectivity index (χ3v) is 7.27. The highest BCUT2D eigenvalue weighted by Gasteiger charge is 2.36. The molecule has 2 aliphatic rings. The minimum absolute atomic E-state index is 0.109. The van der Waals surface area contributed by atoms with Crippen LogP contribution in [0.15, 0.2) is 60.7 Å². The molecular formula is C28H25Cl2FN4O3. The van der Waals surface area contributed by atoms with Crippen LogP contribution in [0.1, 0.15) is 45.2 Å². The maximum atomic E-state index is 14.1. The lowest BCUT2D eigenvalue weighted by molar-refractivity contribution is -0.116. The molecule has 2 aliphatic heterocycles. The van der Waals surface area contributed by atoms with Crippen molar-refractivity contribution in [2.45, 2.75) is 18.9 Å². The summed E-state index contributed by atoms with van der Waals surface area (Å²) in [7, 11) is 0. The zero-order chi connectivity index (χ0) is 26.8. The van der Waals surface area contributed by atoms with Crippen molar-refractivity contribution in [3.8, 4) is 0 Å². The van der Waals surface area contributed by atoms with Crippen molar-refractivity contribution in [3.63, 3.8) is 0 Å². The Morgan fingerprint density at radius 1 is 0.921 bits per heavy atom. The highest BCUT2D eigenvalue weighted by atomic mass is 35.5. The minimum atomic E-state index is -0.810. The van der Waals surface area contributed by atoms with Crippen LogP contribution in [0.25, 0.3) is 0 Å². The topological polar surface area (TPSA) is 81.8 Å². The van der Waals surface area contributed by atoms with Gasteiger partial charge in [0.15, 0.2) is 0 Å². The third-order valence-electron chi connectivity index (χ3n) is 6.71. The van der Waals surface area contributed by atoms with E-state index in [2.05, 4.69) is 10.6 Å². The van der Waals surface area contributed by atoms with E-state index in [4.69, 9.17) is 23.2 Å². The van der Waals surface area contributed by atoms with Gasteiger partial charge in [0.1, 0.15) is 5.82 Å². The van der Waals surface area contributed by atoms with Crippen LogP contribution in [0.5, 0.6) is 0 Å². The van der Waals surface area contributed by atoms with Crippen LogP contribution >= 0.6 is 23.2 Å². The summed E-state index contributed by atoms with van der Waals surface area (Å²) in [5.74, 6) is -1.60. The number of carbonyl (C=O) groups excluding carboxylic acids is 3. The van der Waals surface area contributed by atoms with Crippen molar-refractivity contribution >= 4 is 52.3 Å². The minimum Gasteiger partial charge on any atom is -0.337 e. The van der Waals surface area contributed by atoms with Gasteiger partial charge in [-0.05, 0) is 67.1 Å². The molecule has 196 valence electrons. The Hall–Kier alpha value is -3.46. The SMILES string of the molecule is O=C1CC(c2ccc(Cl)cc2Cl)N(C(=O)c2cccc(F)c2)c2ccc(C(=O)N3CCCNCC3)cc2N1. The van der Waals surface area contributed by atoms with Crippen LogP contribution in [-0.4, -0.2) is 48.8 Å². The summed E-state index contributed by atoms with van der Waals surface area (Å²) in [5, 5.41) is 6.82. The molecule has 0 aliphatic carbocycles. The molecule has 1 fully saturated rings. The molecule has 1 saturated heterocycles. The third kappa shape index (κ3) is 5.38. The Labute approximate surface area is 229 Å². The molecule has 5 rings (SSSR count). The van der Waals surface area contributed by atoms with Crippen molar-refractivity contribution in [1.29, 1.82) is 0 Å². The van der Waals surface area contributed by atoms with Gasteiger partial charge in [0.25, 0.3) is 11.8 Å². The monoisotopic (exact) mass is 554 g/mol. The van der Waals surface area contributed by atoms with E-state index < -0.39 is 17.8 Å².